The van der Waals surface area contributed by atoms with E-state index in [1.807, 2.05) is 0 Å². The largest absolute Gasteiger partial charge is 0.508 e. The van der Waals surface area contributed by atoms with Gasteiger partial charge in [-0.3, -0.25) is 0 Å². The predicted octanol–water partition coefficient (Wildman–Crippen LogP) is 2.02. The van der Waals surface area contributed by atoms with Gasteiger partial charge in [0.25, 0.3) is 0 Å². The lowest BCUT2D eigenvalue weighted by Crippen LogP contribution is -2.59. The number of benzene rings is 1. The van der Waals surface area contributed by atoms with E-state index in [0.29, 0.717) is 10.9 Å². The molecule has 1 aromatic carbocycles. The minimum absolute atomic E-state index is 0.217. The summed E-state index contributed by atoms with van der Waals surface area (Å²) >= 11 is 0. The Morgan fingerprint density at radius 3 is 2.32 bits per heavy atom. The molecule has 2 rings (SSSR count). The summed E-state index contributed by atoms with van der Waals surface area (Å²) in [6, 6.07) is 6.45. The highest BCUT2D eigenvalue weighted by molar-refractivity contribution is 5.72. The van der Waals surface area contributed by atoms with E-state index < -0.39 is 12.0 Å². The summed E-state index contributed by atoms with van der Waals surface area (Å²) in [6.45, 7) is 1.88. The molecule has 0 saturated carbocycles. The topological polar surface area (TPSA) is 57.5 Å². The van der Waals surface area contributed by atoms with Crippen LogP contribution in [0, 0.1) is 0 Å². The molecule has 19 heavy (non-hydrogen) atoms. The van der Waals surface area contributed by atoms with Gasteiger partial charge in [0.2, 0.25) is 0 Å². The van der Waals surface area contributed by atoms with Gasteiger partial charge in [0.05, 0.1) is 20.1 Å². The summed E-state index contributed by atoms with van der Waals surface area (Å²) < 4.78 is 0.621. The Kier molecular flexibility index (Phi) is 4.10. The first-order chi connectivity index (χ1) is 9.01. The van der Waals surface area contributed by atoms with Crippen molar-refractivity contribution in [3.05, 3.63) is 29.8 Å². The molecule has 1 heterocycles. The first kappa shape index (κ1) is 13.9. The minimum Gasteiger partial charge on any atom is -0.508 e. The van der Waals surface area contributed by atoms with E-state index in [0.717, 1.165) is 31.5 Å². The van der Waals surface area contributed by atoms with E-state index in [1.54, 1.807) is 24.3 Å². The predicted molar refractivity (Wildman–Crippen MR) is 73.0 cm³/mol. The number of hydrogen-bond donors (Lipinski definition) is 2. The molecule has 1 fully saturated rings. The number of carbonyl (C=O) groups is 1. The summed E-state index contributed by atoms with van der Waals surface area (Å²) in [5, 5.41) is 18.8. The molecule has 1 aliphatic rings. The zero-order chi connectivity index (χ0) is 13.9. The quantitative estimate of drug-likeness (QED) is 0.818. The fourth-order valence-corrected chi connectivity index (χ4v) is 2.98. The zero-order valence-electron chi connectivity index (χ0n) is 11.4. The van der Waals surface area contributed by atoms with Crippen LogP contribution in [0.4, 0.5) is 0 Å². The van der Waals surface area contributed by atoms with E-state index >= 15 is 0 Å². The SMILES string of the molecule is C[N+]1([C@@H](Cc2ccc(O)cc2)C(=O)O)CCCCC1. The maximum Gasteiger partial charge on any atom is 0.362 e. The van der Waals surface area contributed by atoms with Gasteiger partial charge in [-0.1, -0.05) is 12.1 Å². The van der Waals surface area contributed by atoms with Crippen LogP contribution in [0.3, 0.4) is 0 Å². The molecule has 0 bridgehead atoms. The monoisotopic (exact) mass is 264 g/mol. The van der Waals surface area contributed by atoms with Crippen molar-refractivity contribution in [3.8, 4) is 5.75 Å². The Labute approximate surface area is 113 Å². The van der Waals surface area contributed by atoms with E-state index in [-0.39, 0.29) is 5.75 Å². The molecule has 0 amide bonds. The lowest BCUT2D eigenvalue weighted by Gasteiger charge is -2.42. The van der Waals surface area contributed by atoms with Gasteiger partial charge in [-0.05, 0) is 37.0 Å². The first-order valence-corrected chi connectivity index (χ1v) is 6.86. The Hall–Kier alpha value is -1.55. The number of phenolic OH excluding ortho intramolecular Hbond substituents is 1. The Bertz CT molecular complexity index is 435. The molecule has 0 radical (unpaired) electrons. The minimum atomic E-state index is -0.725. The van der Waals surface area contributed by atoms with Crippen LogP contribution in [0.5, 0.6) is 5.75 Å². The molecule has 2 N–H and O–H groups in total. The van der Waals surface area contributed by atoms with Gasteiger partial charge in [0.15, 0.2) is 6.04 Å². The van der Waals surface area contributed by atoms with E-state index in [1.165, 1.54) is 6.42 Å². The van der Waals surface area contributed by atoms with Gasteiger partial charge in [-0.15, -0.1) is 0 Å². The van der Waals surface area contributed by atoms with Crippen molar-refractivity contribution in [3.63, 3.8) is 0 Å². The standard InChI is InChI=1S/C15H21NO3/c1-16(9-3-2-4-10-16)14(15(18)19)11-12-5-7-13(17)8-6-12/h5-8,14H,2-4,9-11H2,1H3,(H-,17,18,19)/p+1/t14-/m0/s1. The van der Waals surface area contributed by atoms with Crippen LogP contribution in [-0.2, 0) is 11.2 Å². The van der Waals surface area contributed by atoms with Crippen molar-refractivity contribution in [2.24, 2.45) is 0 Å². The highest BCUT2D eigenvalue weighted by Gasteiger charge is 2.39. The molecular weight excluding hydrogens is 242 g/mol. The first-order valence-electron chi connectivity index (χ1n) is 6.86. The van der Waals surface area contributed by atoms with Gasteiger partial charge in [0.1, 0.15) is 5.75 Å². The van der Waals surface area contributed by atoms with Crippen molar-refractivity contribution >= 4 is 5.97 Å². The molecule has 1 saturated heterocycles. The molecule has 0 spiro atoms. The number of carboxylic acids is 1. The number of likely N-dealkylation sites (N-methyl/N-ethyl adjacent to an activating group) is 1. The fourth-order valence-electron chi connectivity index (χ4n) is 2.98. The maximum atomic E-state index is 11.6. The van der Waals surface area contributed by atoms with Crippen molar-refractivity contribution in [1.82, 2.24) is 0 Å². The van der Waals surface area contributed by atoms with Crippen LogP contribution in [-0.4, -0.2) is 46.8 Å². The van der Waals surface area contributed by atoms with Crippen molar-refractivity contribution < 1.29 is 19.5 Å². The van der Waals surface area contributed by atoms with Gasteiger partial charge < -0.3 is 14.7 Å². The molecule has 0 aromatic heterocycles. The van der Waals surface area contributed by atoms with E-state index in [2.05, 4.69) is 7.05 Å². The highest BCUT2D eigenvalue weighted by atomic mass is 16.4. The van der Waals surface area contributed by atoms with Crippen molar-refractivity contribution in [2.45, 2.75) is 31.7 Å². The van der Waals surface area contributed by atoms with Crippen LogP contribution < -0.4 is 0 Å². The maximum absolute atomic E-state index is 11.6. The summed E-state index contributed by atoms with van der Waals surface area (Å²) in [5.41, 5.74) is 0.968. The molecule has 1 aliphatic heterocycles. The van der Waals surface area contributed by atoms with Crippen molar-refractivity contribution in [2.75, 3.05) is 20.1 Å². The Morgan fingerprint density at radius 1 is 1.21 bits per heavy atom. The normalized spacial score (nSPS) is 19.8. The van der Waals surface area contributed by atoms with Crippen LogP contribution >= 0.6 is 0 Å². The lowest BCUT2D eigenvalue weighted by molar-refractivity contribution is -0.929. The molecule has 104 valence electrons. The fraction of sp³-hybridized carbons (Fsp3) is 0.533. The number of quaternary nitrogens is 1. The molecule has 4 nitrogen and oxygen atoms in total. The third-order valence-corrected chi connectivity index (χ3v) is 4.24. The van der Waals surface area contributed by atoms with Crippen LogP contribution in [0.1, 0.15) is 24.8 Å². The number of hydrogen-bond acceptors (Lipinski definition) is 2. The Balaban J connectivity index is 2.16. The summed E-state index contributed by atoms with van der Waals surface area (Å²) in [7, 11) is 2.05. The second-order valence-corrected chi connectivity index (χ2v) is 5.71. The zero-order valence-corrected chi connectivity index (χ0v) is 11.4. The summed E-state index contributed by atoms with van der Waals surface area (Å²) in [5.74, 6) is -0.508. The van der Waals surface area contributed by atoms with Crippen molar-refractivity contribution in [1.29, 1.82) is 0 Å². The molecule has 1 aromatic rings. The summed E-state index contributed by atoms with van der Waals surface area (Å²) in [4.78, 5) is 11.6. The van der Waals surface area contributed by atoms with E-state index in [9.17, 15) is 15.0 Å². The van der Waals surface area contributed by atoms with Gasteiger partial charge >= 0.3 is 5.97 Å². The number of piperidine rings is 1. The third kappa shape index (κ3) is 3.26. The summed E-state index contributed by atoms with van der Waals surface area (Å²) in [6.07, 6.45) is 3.94. The van der Waals surface area contributed by atoms with Gasteiger partial charge in [0, 0.05) is 6.42 Å². The lowest BCUT2D eigenvalue weighted by atomic mass is 9.98. The number of nitrogens with zero attached hydrogens (tertiary/aromatic N) is 1. The second-order valence-electron chi connectivity index (χ2n) is 5.71. The Morgan fingerprint density at radius 2 is 1.79 bits per heavy atom. The molecule has 1 atom stereocenters. The number of carboxylic acid groups (broad SMARTS) is 1. The average Bonchev–Trinajstić information content (AvgIpc) is 2.38. The number of likely N-dealkylation sites (tertiary alicyclic amines) is 1. The number of aliphatic carboxylic acids is 1. The number of aromatic hydroxyl groups is 1. The molecule has 0 unspecified atom stereocenters. The number of phenols is 1. The average molecular weight is 264 g/mol. The van der Waals surface area contributed by atoms with Gasteiger partial charge in [-0.2, -0.15) is 0 Å². The smallest absolute Gasteiger partial charge is 0.362 e. The van der Waals surface area contributed by atoms with Gasteiger partial charge in [-0.25, -0.2) is 4.79 Å². The molecule has 4 heteroatoms. The van der Waals surface area contributed by atoms with E-state index in [4.69, 9.17) is 0 Å². The third-order valence-electron chi connectivity index (χ3n) is 4.24. The van der Waals surface area contributed by atoms with Crippen LogP contribution in [0.2, 0.25) is 0 Å². The molecular formula is C15H22NO3+. The van der Waals surface area contributed by atoms with Crippen LogP contribution in [0.25, 0.3) is 0 Å². The number of rotatable bonds is 4. The van der Waals surface area contributed by atoms with Crippen LogP contribution in [0.15, 0.2) is 24.3 Å². The second kappa shape index (κ2) is 5.61. The highest BCUT2D eigenvalue weighted by Crippen LogP contribution is 2.23. The molecule has 0 aliphatic carbocycles.